The van der Waals surface area contributed by atoms with Crippen molar-refractivity contribution in [2.75, 3.05) is 0 Å². The molecule has 0 fully saturated rings. The van der Waals surface area contributed by atoms with E-state index in [1.54, 1.807) is 24.3 Å². The number of benzene rings is 2. The lowest BCUT2D eigenvalue weighted by molar-refractivity contribution is 0.143. The van der Waals surface area contributed by atoms with Crippen LogP contribution in [0.25, 0.3) is 0 Å². The van der Waals surface area contributed by atoms with Crippen LogP contribution in [-0.4, -0.2) is 14.5 Å². The molecule has 0 saturated heterocycles. The first-order valence-corrected chi connectivity index (χ1v) is 10.1. The highest BCUT2D eigenvalue weighted by Crippen LogP contribution is 2.26. The maximum atomic E-state index is 12.6. The van der Waals surface area contributed by atoms with Gasteiger partial charge in [0, 0.05) is 11.8 Å². The monoisotopic (exact) mass is 370 g/mol. The van der Waals surface area contributed by atoms with Crippen LogP contribution in [0.2, 0.25) is 0 Å². The molecule has 4 heteroatoms. The molecule has 0 aliphatic rings. The highest BCUT2D eigenvalue weighted by molar-refractivity contribution is 7.86. The summed E-state index contributed by atoms with van der Waals surface area (Å²) >= 11 is 0. The van der Waals surface area contributed by atoms with Gasteiger partial charge in [-0.25, -0.2) is 4.18 Å². The van der Waals surface area contributed by atoms with E-state index in [9.17, 15) is 8.42 Å². The largest absolute Gasteiger partial charge is 0.298 e. The molecule has 0 aliphatic heterocycles. The molecule has 1 unspecified atom stereocenters. The standard InChI is InChI=1S/C22H26O3S/c1-18-14-16-20(17-15-18)26(23,24)25-21(22(2,3)4)13-9-8-12-19-10-6-5-7-11-19/h5-7,10-11,14-17,21H,8,12H2,1-4H3. The molecule has 0 bridgehead atoms. The van der Waals surface area contributed by atoms with E-state index in [-0.39, 0.29) is 4.90 Å². The molecule has 2 aromatic rings. The van der Waals surface area contributed by atoms with Gasteiger partial charge in [-0.15, -0.1) is 5.92 Å². The van der Waals surface area contributed by atoms with Crippen molar-refractivity contribution in [3.05, 3.63) is 65.7 Å². The summed E-state index contributed by atoms with van der Waals surface area (Å²) in [7, 11) is -3.85. The van der Waals surface area contributed by atoms with Gasteiger partial charge < -0.3 is 0 Å². The summed E-state index contributed by atoms with van der Waals surface area (Å²) in [6, 6.07) is 16.7. The Morgan fingerprint density at radius 1 is 1.00 bits per heavy atom. The van der Waals surface area contributed by atoms with E-state index in [2.05, 4.69) is 24.0 Å². The van der Waals surface area contributed by atoms with Gasteiger partial charge in [0.15, 0.2) is 0 Å². The van der Waals surface area contributed by atoms with Gasteiger partial charge in [-0.2, -0.15) is 8.42 Å². The smallest absolute Gasteiger partial charge is 0.249 e. The van der Waals surface area contributed by atoms with E-state index >= 15 is 0 Å². The Labute approximate surface area is 157 Å². The summed E-state index contributed by atoms with van der Waals surface area (Å²) in [6.45, 7) is 7.68. The van der Waals surface area contributed by atoms with Crippen LogP contribution in [0.3, 0.4) is 0 Å². The van der Waals surface area contributed by atoms with E-state index in [0.29, 0.717) is 6.42 Å². The molecule has 0 radical (unpaired) electrons. The minimum atomic E-state index is -3.85. The lowest BCUT2D eigenvalue weighted by Crippen LogP contribution is -2.30. The quantitative estimate of drug-likeness (QED) is 0.563. The van der Waals surface area contributed by atoms with E-state index < -0.39 is 21.6 Å². The highest BCUT2D eigenvalue weighted by atomic mass is 32.2. The van der Waals surface area contributed by atoms with E-state index in [1.807, 2.05) is 45.9 Å². The van der Waals surface area contributed by atoms with Crippen molar-refractivity contribution in [2.24, 2.45) is 5.41 Å². The van der Waals surface area contributed by atoms with Gasteiger partial charge in [0.05, 0.1) is 4.90 Å². The van der Waals surface area contributed by atoms with Crippen molar-refractivity contribution < 1.29 is 12.6 Å². The number of hydrogen-bond donors (Lipinski definition) is 0. The van der Waals surface area contributed by atoms with Crippen molar-refractivity contribution in [1.82, 2.24) is 0 Å². The average molecular weight is 371 g/mol. The predicted octanol–water partition coefficient (Wildman–Crippen LogP) is 4.75. The van der Waals surface area contributed by atoms with Crippen LogP contribution in [0.1, 0.15) is 38.3 Å². The second-order valence-electron chi connectivity index (χ2n) is 7.42. The summed E-state index contributed by atoms with van der Waals surface area (Å²) < 4.78 is 30.6. The fourth-order valence-electron chi connectivity index (χ4n) is 2.29. The first-order valence-electron chi connectivity index (χ1n) is 8.71. The maximum Gasteiger partial charge on any atom is 0.298 e. The lowest BCUT2D eigenvalue weighted by Gasteiger charge is -2.25. The van der Waals surface area contributed by atoms with Crippen LogP contribution in [0, 0.1) is 24.2 Å². The Kier molecular flexibility index (Phi) is 6.63. The summed E-state index contributed by atoms with van der Waals surface area (Å²) in [5, 5.41) is 0. The van der Waals surface area contributed by atoms with E-state index in [0.717, 1.165) is 12.0 Å². The van der Waals surface area contributed by atoms with Gasteiger partial charge in [0.1, 0.15) is 6.10 Å². The van der Waals surface area contributed by atoms with Crippen LogP contribution < -0.4 is 0 Å². The predicted molar refractivity (Wildman–Crippen MR) is 105 cm³/mol. The molecular weight excluding hydrogens is 344 g/mol. The maximum absolute atomic E-state index is 12.6. The summed E-state index contributed by atoms with van der Waals surface area (Å²) in [6.07, 6.45) is 0.782. The number of rotatable bonds is 5. The van der Waals surface area contributed by atoms with Crippen molar-refractivity contribution >= 4 is 10.1 Å². The van der Waals surface area contributed by atoms with Crippen LogP contribution in [0.4, 0.5) is 0 Å². The molecule has 0 spiro atoms. The van der Waals surface area contributed by atoms with Gasteiger partial charge >= 0.3 is 0 Å². The fourth-order valence-corrected chi connectivity index (χ4v) is 3.46. The SMILES string of the molecule is Cc1ccc(S(=O)(=O)OC(C#CCCc2ccccc2)C(C)(C)C)cc1. The summed E-state index contributed by atoms with van der Waals surface area (Å²) in [4.78, 5) is 0.156. The molecule has 138 valence electrons. The second kappa shape index (κ2) is 8.53. The molecule has 26 heavy (non-hydrogen) atoms. The van der Waals surface area contributed by atoms with Crippen molar-refractivity contribution in [3.63, 3.8) is 0 Å². The molecule has 3 nitrogen and oxygen atoms in total. The number of hydrogen-bond acceptors (Lipinski definition) is 3. The third-order valence-electron chi connectivity index (χ3n) is 3.93. The van der Waals surface area contributed by atoms with Crippen LogP contribution in [-0.2, 0) is 20.7 Å². The minimum Gasteiger partial charge on any atom is -0.249 e. The van der Waals surface area contributed by atoms with Crippen LogP contribution in [0.15, 0.2) is 59.5 Å². The third kappa shape index (κ3) is 6.01. The molecule has 0 amide bonds. The molecule has 0 heterocycles. The summed E-state index contributed by atoms with van der Waals surface area (Å²) in [5.41, 5.74) is 1.79. The van der Waals surface area contributed by atoms with Crippen molar-refractivity contribution in [1.29, 1.82) is 0 Å². The van der Waals surface area contributed by atoms with Gasteiger partial charge in [-0.1, -0.05) is 74.7 Å². The molecule has 0 N–H and O–H groups in total. The van der Waals surface area contributed by atoms with Gasteiger partial charge in [-0.05, 0) is 31.0 Å². The lowest BCUT2D eigenvalue weighted by atomic mass is 9.89. The topological polar surface area (TPSA) is 43.4 Å². The third-order valence-corrected chi connectivity index (χ3v) is 5.23. The zero-order valence-corrected chi connectivity index (χ0v) is 16.6. The Bertz CT molecular complexity index is 865. The average Bonchev–Trinajstić information content (AvgIpc) is 2.58. The molecular formula is C22H26O3S. The molecule has 1 atom stereocenters. The van der Waals surface area contributed by atoms with Gasteiger partial charge in [0.25, 0.3) is 10.1 Å². The van der Waals surface area contributed by atoms with Crippen LogP contribution >= 0.6 is 0 Å². The van der Waals surface area contributed by atoms with Gasteiger partial charge in [-0.3, -0.25) is 0 Å². The second-order valence-corrected chi connectivity index (χ2v) is 8.99. The Morgan fingerprint density at radius 2 is 1.62 bits per heavy atom. The first kappa shape index (κ1) is 20.2. The molecule has 2 rings (SSSR count). The first-order chi connectivity index (χ1) is 12.2. The van der Waals surface area contributed by atoms with Crippen molar-refractivity contribution in [2.45, 2.75) is 51.5 Å². The zero-order chi connectivity index (χ0) is 19.2. The highest BCUT2D eigenvalue weighted by Gasteiger charge is 2.30. The Hall–Kier alpha value is -2.09. The minimum absolute atomic E-state index is 0.156. The molecule has 0 aromatic heterocycles. The molecule has 0 aliphatic carbocycles. The number of aryl methyl sites for hydroxylation is 2. The summed E-state index contributed by atoms with van der Waals surface area (Å²) in [5.74, 6) is 6.10. The van der Waals surface area contributed by atoms with E-state index in [1.165, 1.54) is 5.56 Å². The fraction of sp³-hybridized carbons (Fsp3) is 0.364. The Morgan fingerprint density at radius 3 is 2.19 bits per heavy atom. The molecule has 0 saturated carbocycles. The van der Waals surface area contributed by atoms with Crippen molar-refractivity contribution in [3.8, 4) is 11.8 Å². The van der Waals surface area contributed by atoms with Gasteiger partial charge in [0.2, 0.25) is 0 Å². The Balaban J connectivity index is 2.10. The normalized spacial score (nSPS) is 12.9. The van der Waals surface area contributed by atoms with E-state index in [4.69, 9.17) is 4.18 Å². The zero-order valence-electron chi connectivity index (χ0n) is 15.8. The molecule has 2 aromatic carbocycles. The van der Waals surface area contributed by atoms with Crippen LogP contribution in [0.5, 0.6) is 0 Å².